The van der Waals surface area contributed by atoms with Crippen LogP contribution in [0.2, 0.25) is 0 Å². The van der Waals surface area contributed by atoms with Gasteiger partial charge in [0.2, 0.25) is 0 Å². The summed E-state index contributed by atoms with van der Waals surface area (Å²) in [4.78, 5) is 3.09. The molecule has 0 unspecified atom stereocenters. The Morgan fingerprint density at radius 3 is 2.69 bits per heavy atom. The zero-order valence-corrected chi connectivity index (χ0v) is 8.99. The minimum atomic E-state index is 0.507. The van der Waals surface area contributed by atoms with Gasteiger partial charge in [-0.1, -0.05) is 6.92 Å². The van der Waals surface area contributed by atoms with Gasteiger partial charge in [0.1, 0.15) is 0 Å². The predicted molar refractivity (Wildman–Crippen MR) is 58.3 cm³/mol. The third kappa shape index (κ3) is 1.65. The molecule has 2 rings (SSSR count). The van der Waals surface area contributed by atoms with E-state index in [9.17, 15) is 0 Å². The third-order valence-electron chi connectivity index (χ3n) is 3.01. The van der Waals surface area contributed by atoms with E-state index in [0.717, 1.165) is 6.54 Å². The molecule has 0 spiro atoms. The van der Waals surface area contributed by atoms with Crippen LogP contribution in [0.5, 0.6) is 0 Å². The van der Waals surface area contributed by atoms with E-state index in [-0.39, 0.29) is 0 Å². The van der Waals surface area contributed by atoms with Gasteiger partial charge < -0.3 is 5.73 Å². The number of aryl methyl sites for hydroxylation is 1. The SMILES string of the molecule is CCc1ccc(C2(CCN)CC2)s1. The van der Waals surface area contributed by atoms with Crippen molar-refractivity contribution in [1.29, 1.82) is 0 Å². The lowest BCUT2D eigenvalue weighted by Crippen LogP contribution is -2.11. The standard InChI is InChI=1S/C11H17NS/c1-2-9-3-4-10(13-9)11(5-6-11)7-8-12/h3-4H,2,5-8,12H2,1H3. The maximum atomic E-state index is 5.64. The molecule has 1 fully saturated rings. The first-order valence-corrected chi connectivity index (χ1v) is 5.91. The highest BCUT2D eigenvalue weighted by Crippen LogP contribution is 2.52. The lowest BCUT2D eigenvalue weighted by molar-refractivity contribution is 0.641. The summed E-state index contributed by atoms with van der Waals surface area (Å²) in [6.07, 6.45) is 5.06. The summed E-state index contributed by atoms with van der Waals surface area (Å²) in [5.74, 6) is 0. The van der Waals surface area contributed by atoms with E-state index in [1.807, 2.05) is 11.3 Å². The molecule has 0 saturated heterocycles. The van der Waals surface area contributed by atoms with E-state index in [2.05, 4.69) is 19.1 Å². The summed E-state index contributed by atoms with van der Waals surface area (Å²) in [5, 5.41) is 0. The largest absolute Gasteiger partial charge is 0.330 e. The van der Waals surface area contributed by atoms with Gasteiger partial charge in [0.25, 0.3) is 0 Å². The number of nitrogens with two attached hydrogens (primary N) is 1. The van der Waals surface area contributed by atoms with Crippen LogP contribution in [-0.2, 0) is 11.8 Å². The molecule has 1 aliphatic carbocycles. The van der Waals surface area contributed by atoms with E-state index in [1.54, 1.807) is 4.88 Å². The van der Waals surface area contributed by atoms with Crippen molar-refractivity contribution in [3.8, 4) is 0 Å². The van der Waals surface area contributed by atoms with Gasteiger partial charge in [-0.25, -0.2) is 0 Å². The molecule has 1 aliphatic rings. The second-order valence-corrected chi connectivity index (χ2v) is 5.11. The van der Waals surface area contributed by atoms with E-state index in [4.69, 9.17) is 5.73 Å². The number of hydrogen-bond acceptors (Lipinski definition) is 2. The molecule has 1 aromatic heterocycles. The van der Waals surface area contributed by atoms with Crippen molar-refractivity contribution in [2.24, 2.45) is 5.73 Å². The molecule has 0 bridgehead atoms. The van der Waals surface area contributed by atoms with Gasteiger partial charge in [-0.3, -0.25) is 0 Å². The van der Waals surface area contributed by atoms with Crippen LogP contribution in [0.3, 0.4) is 0 Å². The van der Waals surface area contributed by atoms with Crippen molar-refractivity contribution in [3.63, 3.8) is 0 Å². The zero-order valence-electron chi connectivity index (χ0n) is 8.18. The minimum Gasteiger partial charge on any atom is -0.330 e. The van der Waals surface area contributed by atoms with Crippen molar-refractivity contribution in [1.82, 2.24) is 0 Å². The van der Waals surface area contributed by atoms with Crippen LogP contribution in [-0.4, -0.2) is 6.54 Å². The van der Waals surface area contributed by atoms with E-state index in [1.165, 1.54) is 30.6 Å². The van der Waals surface area contributed by atoms with Crippen molar-refractivity contribution in [2.75, 3.05) is 6.54 Å². The highest BCUT2D eigenvalue weighted by molar-refractivity contribution is 7.12. The van der Waals surface area contributed by atoms with Crippen LogP contribution in [0.1, 0.15) is 35.9 Å². The molecule has 1 heterocycles. The number of thiophene rings is 1. The minimum absolute atomic E-state index is 0.507. The number of hydrogen-bond donors (Lipinski definition) is 1. The predicted octanol–water partition coefficient (Wildman–Crippen LogP) is 2.69. The molecule has 72 valence electrons. The number of rotatable bonds is 4. The topological polar surface area (TPSA) is 26.0 Å². The molecule has 1 saturated carbocycles. The molecular formula is C11H17NS. The Kier molecular flexibility index (Phi) is 2.43. The Balaban J connectivity index is 2.15. The maximum absolute atomic E-state index is 5.64. The molecular weight excluding hydrogens is 178 g/mol. The fourth-order valence-electron chi connectivity index (χ4n) is 1.90. The second kappa shape index (κ2) is 3.43. The molecule has 0 aliphatic heterocycles. The van der Waals surface area contributed by atoms with Crippen LogP contribution >= 0.6 is 11.3 Å². The smallest absolute Gasteiger partial charge is 0.0110 e. The van der Waals surface area contributed by atoms with Gasteiger partial charge in [-0.05, 0) is 44.4 Å². The van der Waals surface area contributed by atoms with Crippen molar-refractivity contribution < 1.29 is 0 Å². The fourth-order valence-corrected chi connectivity index (χ4v) is 3.12. The zero-order chi connectivity index (χ0) is 9.31. The van der Waals surface area contributed by atoms with Gasteiger partial charge in [0.15, 0.2) is 0 Å². The lowest BCUT2D eigenvalue weighted by Gasteiger charge is -2.10. The lowest BCUT2D eigenvalue weighted by atomic mass is 10.0. The Labute approximate surface area is 84.0 Å². The van der Waals surface area contributed by atoms with Gasteiger partial charge >= 0.3 is 0 Å². The molecule has 2 N–H and O–H groups in total. The molecule has 1 nitrogen and oxygen atoms in total. The normalized spacial score (nSPS) is 18.9. The summed E-state index contributed by atoms with van der Waals surface area (Å²) < 4.78 is 0. The summed E-state index contributed by atoms with van der Waals surface area (Å²) in [6, 6.07) is 4.59. The molecule has 0 amide bonds. The molecule has 1 aromatic rings. The average molecular weight is 195 g/mol. The first kappa shape index (κ1) is 9.22. The Morgan fingerprint density at radius 2 is 2.23 bits per heavy atom. The Hall–Kier alpha value is -0.340. The molecule has 0 aromatic carbocycles. The molecule has 13 heavy (non-hydrogen) atoms. The van der Waals surface area contributed by atoms with Crippen LogP contribution in [0, 0.1) is 0 Å². The monoisotopic (exact) mass is 195 g/mol. The maximum Gasteiger partial charge on any atom is 0.0110 e. The van der Waals surface area contributed by atoms with Crippen molar-refractivity contribution in [3.05, 3.63) is 21.9 Å². The van der Waals surface area contributed by atoms with Gasteiger partial charge in [-0.15, -0.1) is 11.3 Å². The Morgan fingerprint density at radius 1 is 1.46 bits per heavy atom. The van der Waals surface area contributed by atoms with Crippen molar-refractivity contribution >= 4 is 11.3 Å². The third-order valence-corrected chi connectivity index (χ3v) is 4.49. The van der Waals surface area contributed by atoms with Crippen LogP contribution in [0.15, 0.2) is 12.1 Å². The summed E-state index contributed by atoms with van der Waals surface area (Å²) >= 11 is 1.99. The summed E-state index contributed by atoms with van der Waals surface area (Å²) in [6.45, 7) is 3.05. The Bertz CT molecular complexity index is 286. The van der Waals surface area contributed by atoms with Crippen LogP contribution in [0.4, 0.5) is 0 Å². The average Bonchev–Trinajstić information content (AvgIpc) is 2.78. The first-order chi connectivity index (χ1) is 6.30. The second-order valence-electron chi connectivity index (χ2n) is 3.94. The van der Waals surface area contributed by atoms with Crippen molar-refractivity contribution in [2.45, 2.75) is 38.0 Å². The first-order valence-electron chi connectivity index (χ1n) is 5.10. The summed E-state index contributed by atoms with van der Waals surface area (Å²) in [5.41, 5.74) is 6.14. The highest BCUT2D eigenvalue weighted by atomic mass is 32.1. The van der Waals surface area contributed by atoms with Gasteiger partial charge in [-0.2, -0.15) is 0 Å². The molecule has 2 heteroatoms. The van der Waals surface area contributed by atoms with E-state index >= 15 is 0 Å². The summed E-state index contributed by atoms with van der Waals surface area (Å²) in [7, 11) is 0. The van der Waals surface area contributed by atoms with E-state index in [0.29, 0.717) is 5.41 Å². The molecule has 0 atom stereocenters. The fraction of sp³-hybridized carbons (Fsp3) is 0.636. The van der Waals surface area contributed by atoms with E-state index < -0.39 is 0 Å². The van der Waals surface area contributed by atoms with Gasteiger partial charge in [0.05, 0.1) is 0 Å². The highest BCUT2D eigenvalue weighted by Gasteiger charge is 2.44. The molecule has 0 radical (unpaired) electrons. The van der Waals surface area contributed by atoms with Crippen LogP contribution in [0.25, 0.3) is 0 Å². The van der Waals surface area contributed by atoms with Crippen LogP contribution < -0.4 is 5.73 Å². The van der Waals surface area contributed by atoms with Gasteiger partial charge in [0, 0.05) is 15.2 Å². The quantitative estimate of drug-likeness (QED) is 0.785.